The monoisotopic (exact) mass is 592 g/mol. The fourth-order valence-corrected chi connectivity index (χ4v) is 7.78. The van der Waals surface area contributed by atoms with Crippen LogP contribution in [-0.4, -0.2) is 32.4 Å². The summed E-state index contributed by atoms with van der Waals surface area (Å²) in [6.07, 6.45) is 5.16. The van der Waals surface area contributed by atoms with E-state index in [9.17, 15) is 21.6 Å². The summed E-state index contributed by atoms with van der Waals surface area (Å²) < 4.78 is 78.4. The van der Waals surface area contributed by atoms with Crippen LogP contribution >= 0.6 is 0 Å². The van der Waals surface area contributed by atoms with Crippen LogP contribution in [0.5, 0.6) is 11.5 Å². The van der Waals surface area contributed by atoms with Crippen LogP contribution in [0.1, 0.15) is 32.1 Å². The SMILES string of the molecule is CN1[C@H](C2CCCCC2)CN(c2ccccc2)c2cc(Oc3cc(F)cc(F)c3)c(-c3ccc(F)cc3)cc2S1(=O)=O. The van der Waals surface area contributed by atoms with Crippen molar-refractivity contribution in [2.45, 2.75) is 43.0 Å². The first-order chi connectivity index (χ1) is 20.2. The molecule has 0 N–H and O–H groups in total. The van der Waals surface area contributed by atoms with E-state index in [4.69, 9.17) is 4.74 Å². The van der Waals surface area contributed by atoms with E-state index in [1.54, 1.807) is 13.1 Å². The van der Waals surface area contributed by atoms with Gasteiger partial charge in [-0.1, -0.05) is 49.6 Å². The molecule has 0 amide bonds. The van der Waals surface area contributed by atoms with E-state index < -0.39 is 27.5 Å². The lowest BCUT2D eigenvalue weighted by atomic mass is 9.83. The lowest BCUT2D eigenvalue weighted by Crippen LogP contribution is -2.46. The van der Waals surface area contributed by atoms with Crippen molar-refractivity contribution in [3.05, 3.63) is 102 Å². The first-order valence-electron chi connectivity index (χ1n) is 14.1. The van der Waals surface area contributed by atoms with Crippen molar-refractivity contribution in [3.63, 3.8) is 0 Å². The normalized spacial score (nSPS) is 19.2. The summed E-state index contributed by atoms with van der Waals surface area (Å²) in [5.74, 6) is -1.79. The van der Waals surface area contributed by atoms with Gasteiger partial charge in [-0.05, 0) is 54.7 Å². The van der Waals surface area contributed by atoms with Crippen molar-refractivity contribution in [1.29, 1.82) is 0 Å². The highest BCUT2D eigenvalue weighted by Gasteiger charge is 2.41. The Labute approximate surface area is 244 Å². The Hall–Kier alpha value is -3.82. The Kier molecular flexibility index (Phi) is 7.72. The van der Waals surface area contributed by atoms with Gasteiger partial charge in [0.2, 0.25) is 10.0 Å². The second-order valence-corrected chi connectivity index (χ2v) is 12.9. The molecule has 2 aliphatic rings. The minimum absolute atomic E-state index is 0.0734. The number of halogens is 3. The summed E-state index contributed by atoms with van der Waals surface area (Å²) in [6, 6.07) is 20.8. The number of hydrogen-bond acceptors (Lipinski definition) is 4. The van der Waals surface area contributed by atoms with Crippen LogP contribution in [0.15, 0.2) is 89.8 Å². The summed E-state index contributed by atoms with van der Waals surface area (Å²) in [5, 5.41) is 0. The third-order valence-electron chi connectivity index (χ3n) is 8.33. The second kappa shape index (κ2) is 11.5. The van der Waals surface area contributed by atoms with E-state index in [1.807, 2.05) is 35.2 Å². The molecular formula is C33H31F3N2O3S. The number of anilines is 2. The van der Waals surface area contributed by atoms with Crippen molar-refractivity contribution >= 4 is 21.4 Å². The summed E-state index contributed by atoms with van der Waals surface area (Å²) in [4.78, 5) is 2.06. The molecule has 9 heteroatoms. The summed E-state index contributed by atoms with van der Waals surface area (Å²) in [6.45, 7) is 0.418. The maximum absolute atomic E-state index is 14.3. The zero-order chi connectivity index (χ0) is 29.4. The molecule has 1 fully saturated rings. The molecule has 0 bridgehead atoms. The second-order valence-electron chi connectivity index (χ2n) is 11.0. The van der Waals surface area contributed by atoms with Crippen LogP contribution in [0.4, 0.5) is 24.5 Å². The molecule has 4 aromatic carbocycles. The number of sulfonamides is 1. The molecule has 42 heavy (non-hydrogen) atoms. The first-order valence-corrected chi connectivity index (χ1v) is 15.5. The number of rotatable bonds is 5. The number of likely N-dealkylation sites (N-methyl/N-ethyl adjacent to an activating group) is 1. The van der Waals surface area contributed by atoms with Crippen LogP contribution < -0.4 is 9.64 Å². The van der Waals surface area contributed by atoms with Crippen LogP contribution in [0.25, 0.3) is 11.1 Å². The first kappa shape index (κ1) is 28.3. The highest BCUT2D eigenvalue weighted by molar-refractivity contribution is 7.89. The predicted molar refractivity (Wildman–Crippen MR) is 157 cm³/mol. The van der Waals surface area contributed by atoms with Crippen molar-refractivity contribution < 1.29 is 26.3 Å². The Balaban J connectivity index is 1.58. The number of fused-ring (bicyclic) bond motifs is 1. The Morgan fingerprint density at radius 2 is 1.45 bits per heavy atom. The maximum atomic E-state index is 14.3. The zero-order valence-corrected chi connectivity index (χ0v) is 24.0. The smallest absolute Gasteiger partial charge is 0.245 e. The van der Waals surface area contributed by atoms with Gasteiger partial charge in [-0.2, -0.15) is 4.31 Å². The van der Waals surface area contributed by atoms with Gasteiger partial charge >= 0.3 is 0 Å². The molecule has 0 unspecified atom stereocenters. The van der Waals surface area contributed by atoms with Gasteiger partial charge in [0.25, 0.3) is 0 Å². The fourth-order valence-electron chi connectivity index (χ4n) is 6.17. The highest BCUT2D eigenvalue weighted by Crippen LogP contribution is 2.46. The molecule has 4 aromatic rings. The topological polar surface area (TPSA) is 49.9 Å². The van der Waals surface area contributed by atoms with Crippen molar-refractivity contribution in [2.24, 2.45) is 5.92 Å². The lowest BCUT2D eigenvalue weighted by Gasteiger charge is -2.36. The molecule has 5 nitrogen and oxygen atoms in total. The molecule has 0 saturated heterocycles. The van der Waals surface area contributed by atoms with Gasteiger partial charge in [-0.25, -0.2) is 21.6 Å². The quantitative estimate of drug-likeness (QED) is 0.234. The molecule has 1 atom stereocenters. The average molecular weight is 593 g/mol. The molecule has 1 aliphatic carbocycles. The van der Waals surface area contributed by atoms with Gasteiger partial charge in [-0.3, -0.25) is 0 Å². The molecule has 1 aliphatic heterocycles. The van der Waals surface area contributed by atoms with E-state index in [0.717, 1.165) is 56.0 Å². The Morgan fingerprint density at radius 1 is 0.786 bits per heavy atom. The Morgan fingerprint density at radius 3 is 2.12 bits per heavy atom. The van der Waals surface area contributed by atoms with Crippen molar-refractivity contribution in [1.82, 2.24) is 4.31 Å². The van der Waals surface area contributed by atoms with Gasteiger partial charge in [0.15, 0.2) is 0 Å². The third kappa shape index (κ3) is 5.51. The molecule has 0 spiro atoms. The van der Waals surface area contributed by atoms with Gasteiger partial charge in [0.05, 0.1) is 5.69 Å². The van der Waals surface area contributed by atoms with Crippen LogP contribution in [0.3, 0.4) is 0 Å². The summed E-state index contributed by atoms with van der Waals surface area (Å²) in [5.41, 5.74) is 2.04. The Bertz CT molecular complexity index is 1670. The van der Waals surface area contributed by atoms with E-state index >= 15 is 0 Å². The van der Waals surface area contributed by atoms with Gasteiger partial charge in [-0.15, -0.1) is 0 Å². The van der Waals surface area contributed by atoms with E-state index in [-0.39, 0.29) is 28.4 Å². The van der Waals surface area contributed by atoms with Crippen LogP contribution in [0, 0.1) is 23.4 Å². The number of nitrogens with zero attached hydrogens (tertiary/aromatic N) is 2. The number of ether oxygens (including phenoxy) is 1. The van der Waals surface area contributed by atoms with Crippen LogP contribution in [-0.2, 0) is 10.0 Å². The van der Waals surface area contributed by atoms with E-state index in [1.165, 1.54) is 34.6 Å². The minimum Gasteiger partial charge on any atom is -0.456 e. The standard InChI is InChI=1S/C33H31F3N2O3S/c1-37-31(23-8-4-2-5-9-23)21-38(27-10-6-3-7-11-27)30-20-32(41-28-17-25(35)16-26(36)18-28)29(19-33(30)42(37,39)40)22-12-14-24(34)15-13-22/h3,6-7,10-20,23,31H,2,4-5,8-9,21H2,1H3/t31-/m0/s1. The average Bonchev–Trinajstić information content (AvgIpc) is 3.06. The maximum Gasteiger partial charge on any atom is 0.245 e. The van der Waals surface area contributed by atoms with Crippen LogP contribution in [0.2, 0.25) is 0 Å². The number of para-hydroxylation sites is 1. The number of hydrogen-bond donors (Lipinski definition) is 0. The van der Waals surface area contributed by atoms with E-state index in [2.05, 4.69) is 0 Å². The fraction of sp³-hybridized carbons (Fsp3) is 0.273. The molecule has 0 radical (unpaired) electrons. The summed E-state index contributed by atoms with van der Waals surface area (Å²) >= 11 is 0. The summed E-state index contributed by atoms with van der Waals surface area (Å²) in [7, 11) is -2.35. The van der Waals surface area contributed by atoms with Gasteiger partial charge in [0.1, 0.15) is 33.8 Å². The lowest BCUT2D eigenvalue weighted by molar-refractivity contribution is 0.218. The largest absolute Gasteiger partial charge is 0.456 e. The van der Waals surface area contributed by atoms with E-state index in [0.29, 0.717) is 23.4 Å². The number of benzene rings is 4. The molecule has 6 rings (SSSR count). The zero-order valence-electron chi connectivity index (χ0n) is 23.1. The molecule has 1 saturated carbocycles. The van der Waals surface area contributed by atoms with Crippen molar-refractivity contribution in [2.75, 3.05) is 18.5 Å². The molecular weight excluding hydrogens is 561 g/mol. The van der Waals surface area contributed by atoms with Gasteiger partial charge in [0, 0.05) is 55.2 Å². The minimum atomic E-state index is -4.00. The molecule has 218 valence electrons. The molecule has 1 heterocycles. The van der Waals surface area contributed by atoms with Gasteiger partial charge < -0.3 is 9.64 Å². The highest BCUT2D eigenvalue weighted by atomic mass is 32.2. The predicted octanol–water partition coefficient (Wildman–Crippen LogP) is 8.28. The van der Waals surface area contributed by atoms with Crippen molar-refractivity contribution in [3.8, 4) is 22.6 Å². The third-order valence-corrected chi connectivity index (χ3v) is 10.2. The molecule has 0 aromatic heterocycles.